The van der Waals surface area contributed by atoms with E-state index < -0.39 is 11.9 Å². The van der Waals surface area contributed by atoms with Gasteiger partial charge in [-0.15, -0.1) is 23.7 Å². The molecule has 0 saturated heterocycles. The van der Waals surface area contributed by atoms with Crippen molar-refractivity contribution < 1.29 is 9.90 Å². The number of nitrogens with zero attached hydrogens (tertiary/aromatic N) is 1. The zero-order chi connectivity index (χ0) is 9.42. The van der Waals surface area contributed by atoms with Crippen molar-refractivity contribution in [3.8, 4) is 0 Å². The molecule has 0 fully saturated rings. The van der Waals surface area contributed by atoms with Crippen LogP contribution in [-0.4, -0.2) is 16.1 Å². The summed E-state index contributed by atoms with van der Waals surface area (Å²) >= 11 is 1.41. The molecule has 0 saturated carbocycles. The van der Waals surface area contributed by atoms with Gasteiger partial charge in [-0.25, -0.2) is 4.98 Å². The summed E-state index contributed by atoms with van der Waals surface area (Å²) in [6.45, 7) is 0. The minimum absolute atomic E-state index is 0. The van der Waals surface area contributed by atoms with Crippen molar-refractivity contribution >= 4 is 34.8 Å². The largest absolute Gasteiger partial charge is 0.481 e. The fraction of sp³-hybridized carbons (Fsp3) is 0.500. The van der Waals surface area contributed by atoms with Crippen molar-refractivity contribution in [3.05, 3.63) is 10.6 Å². The maximum atomic E-state index is 10.9. The first-order valence-corrected chi connectivity index (χ1v) is 4.98. The minimum Gasteiger partial charge on any atom is -0.481 e. The van der Waals surface area contributed by atoms with Crippen LogP contribution in [0.15, 0.2) is 0 Å². The third kappa shape index (κ3) is 1.83. The van der Waals surface area contributed by atoms with Gasteiger partial charge in [0.1, 0.15) is 5.92 Å². The number of rotatable bonds is 1. The molecule has 1 heterocycles. The number of thiazole rings is 1. The second-order valence-corrected chi connectivity index (χ2v) is 4.26. The van der Waals surface area contributed by atoms with Crippen LogP contribution in [-0.2, 0) is 11.2 Å². The number of hydrogen-bond donors (Lipinski definition) is 2. The Labute approximate surface area is 91.6 Å². The molecule has 1 aromatic heterocycles. The number of carboxylic acids is 1. The quantitative estimate of drug-likeness (QED) is 0.775. The van der Waals surface area contributed by atoms with E-state index >= 15 is 0 Å². The second kappa shape index (κ2) is 4.14. The van der Waals surface area contributed by atoms with E-state index in [0.717, 1.165) is 17.7 Å². The summed E-state index contributed by atoms with van der Waals surface area (Å²) in [4.78, 5) is 16.0. The summed E-state index contributed by atoms with van der Waals surface area (Å²) in [5.74, 6) is -1.22. The number of carboxylic acid groups (broad SMARTS) is 1. The lowest BCUT2D eigenvalue weighted by atomic mass is 9.91. The molecule has 2 rings (SSSR count). The van der Waals surface area contributed by atoms with Gasteiger partial charge in [0.2, 0.25) is 0 Å². The highest BCUT2D eigenvalue weighted by molar-refractivity contribution is 7.15. The van der Waals surface area contributed by atoms with Crippen LogP contribution in [0.4, 0.5) is 5.13 Å². The first-order chi connectivity index (χ1) is 6.18. The summed E-state index contributed by atoms with van der Waals surface area (Å²) in [5, 5.41) is 9.40. The van der Waals surface area contributed by atoms with Gasteiger partial charge < -0.3 is 10.8 Å². The summed E-state index contributed by atoms with van der Waals surface area (Å²) in [6.07, 6.45) is 2.53. The van der Waals surface area contributed by atoms with Crippen molar-refractivity contribution in [2.75, 3.05) is 5.73 Å². The van der Waals surface area contributed by atoms with Crippen LogP contribution in [0.1, 0.15) is 29.3 Å². The van der Waals surface area contributed by atoms with Crippen LogP contribution in [0.25, 0.3) is 0 Å². The van der Waals surface area contributed by atoms with Crippen molar-refractivity contribution in [2.24, 2.45) is 0 Å². The molecule has 0 spiro atoms. The molecule has 1 unspecified atom stereocenters. The summed E-state index contributed by atoms with van der Waals surface area (Å²) in [7, 11) is 0. The van der Waals surface area contributed by atoms with Crippen LogP contribution in [0.3, 0.4) is 0 Å². The van der Waals surface area contributed by atoms with Gasteiger partial charge >= 0.3 is 5.97 Å². The summed E-state index contributed by atoms with van der Waals surface area (Å²) in [6, 6.07) is 0. The molecule has 3 N–H and O–H groups in total. The Kier molecular flexibility index (Phi) is 3.34. The monoisotopic (exact) mass is 234 g/mol. The molecule has 78 valence electrons. The average Bonchev–Trinajstić information content (AvgIpc) is 2.43. The van der Waals surface area contributed by atoms with Crippen LogP contribution >= 0.6 is 23.7 Å². The molecule has 0 amide bonds. The van der Waals surface area contributed by atoms with Crippen molar-refractivity contribution in [1.29, 1.82) is 0 Å². The van der Waals surface area contributed by atoms with Gasteiger partial charge in [0, 0.05) is 4.88 Å². The lowest BCUT2D eigenvalue weighted by molar-refractivity contribution is -0.139. The zero-order valence-electron chi connectivity index (χ0n) is 7.40. The Balaban J connectivity index is 0.000000980. The third-order valence-electron chi connectivity index (χ3n) is 2.27. The zero-order valence-corrected chi connectivity index (χ0v) is 9.03. The number of nitrogens with two attached hydrogens (primary N) is 1. The first kappa shape index (κ1) is 11.3. The molecule has 1 atom stereocenters. The number of nitrogen functional groups attached to an aromatic ring is 1. The number of halogens is 1. The molecular formula is C8H11ClN2O2S. The molecular weight excluding hydrogens is 224 g/mol. The highest BCUT2D eigenvalue weighted by Gasteiger charge is 2.29. The Morgan fingerprint density at radius 1 is 1.64 bits per heavy atom. The third-order valence-corrected chi connectivity index (χ3v) is 3.23. The van der Waals surface area contributed by atoms with E-state index in [1.807, 2.05) is 0 Å². The SMILES string of the molecule is Cl.Nc1nc2c(s1)CCCC2C(=O)O. The van der Waals surface area contributed by atoms with Gasteiger partial charge in [-0.2, -0.15) is 0 Å². The second-order valence-electron chi connectivity index (χ2n) is 3.14. The molecule has 0 bridgehead atoms. The Morgan fingerprint density at radius 2 is 2.36 bits per heavy atom. The van der Waals surface area contributed by atoms with E-state index in [0.29, 0.717) is 17.2 Å². The van der Waals surface area contributed by atoms with E-state index in [9.17, 15) is 4.79 Å². The van der Waals surface area contributed by atoms with Crippen molar-refractivity contribution in [3.63, 3.8) is 0 Å². The number of aryl methyl sites for hydroxylation is 1. The number of hydrogen-bond acceptors (Lipinski definition) is 4. The average molecular weight is 235 g/mol. The Morgan fingerprint density at radius 3 is 3.00 bits per heavy atom. The van der Waals surface area contributed by atoms with E-state index in [1.54, 1.807) is 0 Å². The summed E-state index contributed by atoms with van der Waals surface area (Å²) in [5.41, 5.74) is 6.23. The van der Waals surface area contributed by atoms with E-state index in [4.69, 9.17) is 10.8 Å². The van der Waals surface area contributed by atoms with Gasteiger partial charge in [0.05, 0.1) is 5.69 Å². The van der Waals surface area contributed by atoms with Crippen LogP contribution in [0.2, 0.25) is 0 Å². The predicted octanol–water partition coefficient (Wildman–Crippen LogP) is 1.65. The lowest BCUT2D eigenvalue weighted by Gasteiger charge is -2.16. The van der Waals surface area contributed by atoms with Crippen LogP contribution < -0.4 is 5.73 Å². The fourth-order valence-corrected chi connectivity index (χ4v) is 2.61. The number of aromatic nitrogens is 1. The molecule has 1 aliphatic carbocycles. The van der Waals surface area contributed by atoms with Crippen molar-refractivity contribution in [2.45, 2.75) is 25.2 Å². The predicted molar refractivity (Wildman–Crippen MR) is 57.1 cm³/mol. The van der Waals surface area contributed by atoms with Crippen molar-refractivity contribution in [1.82, 2.24) is 4.98 Å². The minimum atomic E-state index is -0.786. The highest BCUT2D eigenvalue weighted by Crippen LogP contribution is 2.35. The van der Waals surface area contributed by atoms with Gasteiger partial charge in [0.15, 0.2) is 5.13 Å². The first-order valence-electron chi connectivity index (χ1n) is 4.16. The summed E-state index contributed by atoms with van der Waals surface area (Å²) < 4.78 is 0. The van der Waals surface area contributed by atoms with Gasteiger partial charge in [-0.3, -0.25) is 4.79 Å². The van der Waals surface area contributed by atoms with E-state index in [2.05, 4.69) is 4.98 Å². The van der Waals surface area contributed by atoms with E-state index in [-0.39, 0.29) is 12.4 Å². The van der Waals surface area contributed by atoms with Crippen LogP contribution in [0, 0.1) is 0 Å². The normalized spacial score (nSPS) is 19.6. The topological polar surface area (TPSA) is 76.2 Å². The number of fused-ring (bicyclic) bond motifs is 1. The van der Waals surface area contributed by atoms with Gasteiger partial charge in [0.25, 0.3) is 0 Å². The van der Waals surface area contributed by atoms with E-state index in [1.165, 1.54) is 11.3 Å². The van der Waals surface area contributed by atoms with Gasteiger partial charge in [-0.05, 0) is 19.3 Å². The molecule has 4 nitrogen and oxygen atoms in total. The number of aliphatic carboxylic acids is 1. The van der Waals surface area contributed by atoms with Crippen LogP contribution in [0.5, 0.6) is 0 Å². The smallest absolute Gasteiger partial charge is 0.312 e. The molecule has 6 heteroatoms. The molecule has 1 aromatic rings. The molecule has 0 aromatic carbocycles. The Bertz CT molecular complexity index is 353. The fourth-order valence-electron chi connectivity index (χ4n) is 1.68. The molecule has 0 aliphatic heterocycles. The lowest BCUT2D eigenvalue weighted by Crippen LogP contribution is -2.17. The maximum Gasteiger partial charge on any atom is 0.312 e. The Hall–Kier alpha value is -0.810. The van der Waals surface area contributed by atoms with Gasteiger partial charge in [-0.1, -0.05) is 0 Å². The number of carbonyl (C=O) groups is 1. The molecule has 1 aliphatic rings. The standard InChI is InChI=1S/C8H10N2O2S.ClH/c9-8-10-6-4(7(11)12)2-1-3-5(6)13-8;/h4H,1-3H2,(H2,9,10)(H,11,12);1H. The molecule has 14 heavy (non-hydrogen) atoms. The number of anilines is 1. The molecule has 0 radical (unpaired) electrons. The maximum absolute atomic E-state index is 10.9. The highest BCUT2D eigenvalue weighted by atomic mass is 35.5.